The average Bonchev–Trinajstić information content (AvgIpc) is 2.85. The largest absolute Gasteiger partial charge is 0.494 e. The van der Waals surface area contributed by atoms with Crippen LogP contribution in [0.3, 0.4) is 0 Å². The first-order valence-electron chi connectivity index (χ1n) is 7.34. The summed E-state index contributed by atoms with van der Waals surface area (Å²) in [6, 6.07) is 10.0. The fourth-order valence-electron chi connectivity index (χ4n) is 2.99. The molecule has 2 N–H and O–H groups in total. The Morgan fingerprint density at radius 2 is 1.84 bits per heavy atom. The molecular formula is C18H14Cl2N2O3. The number of halogens is 2. The van der Waals surface area contributed by atoms with Crippen molar-refractivity contribution in [3.63, 3.8) is 0 Å². The maximum absolute atomic E-state index is 13.2. The van der Waals surface area contributed by atoms with Crippen molar-refractivity contribution in [3.8, 4) is 5.75 Å². The van der Waals surface area contributed by atoms with Crippen molar-refractivity contribution in [1.82, 2.24) is 4.57 Å². The Bertz CT molecular complexity index is 1020. The van der Waals surface area contributed by atoms with Gasteiger partial charge in [0.05, 0.1) is 28.8 Å². The number of hydrogen-bond acceptors (Lipinski definition) is 3. The molecule has 0 spiro atoms. The van der Waals surface area contributed by atoms with Crippen LogP contribution in [0.15, 0.2) is 36.4 Å². The maximum atomic E-state index is 13.2. The standard InChI is InChI=1S/C18H14Cl2N2O3/c1-9-15(17(21)23)11-5-3-4-6-14(11)22(9)18(24)12-7-10(19)8-13(20)16(12)25-2/h3-8H,1-2H3,(H2,21,23). The third kappa shape index (κ3) is 2.75. The number of nitrogens with two attached hydrogens (primary N) is 1. The second-order valence-corrected chi connectivity index (χ2v) is 6.29. The van der Waals surface area contributed by atoms with Gasteiger partial charge in [0.2, 0.25) is 0 Å². The number of hydrogen-bond donors (Lipinski definition) is 1. The van der Waals surface area contributed by atoms with E-state index in [0.717, 1.165) is 0 Å². The summed E-state index contributed by atoms with van der Waals surface area (Å²) in [5.41, 5.74) is 7.01. The first-order chi connectivity index (χ1) is 11.9. The van der Waals surface area contributed by atoms with Crippen LogP contribution in [-0.2, 0) is 0 Å². The molecule has 0 saturated carbocycles. The quantitative estimate of drug-likeness (QED) is 0.748. The van der Waals surface area contributed by atoms with Crippen molar-refractivity contribution in [2.45, 2.75) is 6.92 Å². The number of nitrogens with zero attached hydrogens (tertiary/aromatic N) is 1. The van der Waals surface area contributed by atoms with Gasteiger partial charge in [0.1, 0.15) is 5.75 Å². The number of primary amides is 1. The summed E-state index contributed by atoms with van der Waals surface area (Å²) >= 11 is 12.2. The molecule has 1 amide bonds. The van der Waals surface area contributed by atoms with Crippen LogP contribution in [0.25, 0.3) is 10.9 Å². The first kappa shape index (κ1) is 17.3. The third-order valence-corrected chi connectivity index (χ3v) is 4.50. The van der Waals surface area contributed by atoms with Crippen LogP contribution in [0.1, 0.15) is 26.4 Å². The van der Waals surface area contributed by atoms with E-state index in [1.54, 1.807) is 31.2 Å². The van der Waals surface area contributed by atoms with Gasteiger partial charge in [-0.1, -0.05) is 41.4 Å². The molecule has 0 atom stereocenters. The van der Waals surface area contributed by atoms with E-state index in [2.05, 4.69) is 0 Å². The SMILES string of the molecule is COc1c(Cl)cc(Cl)cc1C(=O)n1c(C)c(C(N)=O)c2ccccc21. The van der Waals surface area contributed by atoms with Crippen molar-refractivity contribution in [2.75, 3.05) is 7.11 Å². The molecule has 5 nitrogen and oxygen atoms in total. The van der Waals surface area contributed by atoms with Gasteiger partial charge >= 0.3 is 0 Å². The number of fused-ring (bicyclic) bond motifs is 1. The maximum Gasteiger partial charge on any atom is 0.266 e. The number of para-hydroxylation sites is 1. The summed E-state index contributed by atoms with van der Waals surface area (Å²) in [6.07, 6.45) is 0. The number of carbonyl (C=O) groups is 2. The Kier molecular flexibility index (Phi) is 4.45. The highest BCUT2D eigenvalue weighted by molar-refractivity contribution is 6.36. The predicted octanol–water partition coefficient (Wildman–Crippen LogP) is 4.05. The van der Waals surface area contributed by atoms with Crippen LogP contribution >= 0.6 is 23.2 Å². The van der Waals surface area contributed by atoms with E-state index in [1.807, 2.05) is 0 Å². The van der Waals surface area contributed by atoms with E-state index >= 15 is 0 Å². The zero-order chi connectivity index (χ0) is 18.3. The Morgan fingerprint density at radius 3 is 2.48 bits per heavy atom. The van der Waals surface area contributed by atoms with E-state index < -0.39 is 11.8 Å². The van der Waals surface area contributed by atoms with Gasteiger partial charge in [-0.3, -0.25) is 14.2 Å². The lowest BCUT2D eigenvalue weighted by molar-refractivity contribution is 0.0960. The van der Waals surface area contributed by atoms with Crippen molar-refractivity contribution in [2.24, 2.45) is 5.73 Å². The average molecular weight is 377 g/mol. The van der Waals surface area contributed by atoms with Gasteiger partial charge < -0.3 is 10.5 Å². The highest BCUT2D eigenvalue weighted by Crippen LogP contribution is 2.34. The molecule has 2 aromatic carbocycles. The van der Waals surface area contributed by atoms with Crippen LogP contribution in [0, 0.1) is 6.92 Å². The summed E-state index contributed by atoms with van der Waals surface area (Å²) in [7, 11) is 1.42. The Labute approximate surface area is 153 Å². The van der Waals surface area contributed by atoms with Crippen LogP contribution in [0.2, 0.25) is 10.0 Å². The zero-order valence-electron chi connectivity index (χ0n) is 13.5. The molecule has 0 radical (unpaired) electrons. The lowest BCUT2D eigenvalue weighted by Crippen LogP contribution is -2.17. The van der Waals surface area contributed by atoms with Gasteiger partial charge in [0.15, 0.2) is 0 Å². The van der Waals surface area contributed by atoms with E-state index in [-0.39, 0.29) is 16.3 Å². The highest BCUT2D eigenvalue weighted by Gasteiger charge is 2.25. The molecule has 0 aliphatic carbocycles. The minimum Gasteiger partial charge on any atom is -0.494 e. The number of carbonyl (C=O) groups excluding carboxylic acids is 2. The fourth-order valence-corrected chi connectivity index (χ4v) is 3.56. The Balaban J connectivity index is 2.33. The molecule has 0 fully saturated rings. The second kappa shape index (κ2) is 6.43. The molecular weight excluding hydrogens is 363 g/mol. The van der Waals surface area contributed by atoms with Gasteiger partial charge in [-0.15, -0.1) is 0 Å². The molecule has 3 aromatic rings. The molecule has 1 heterocycles. The van der Waals surface area contributed by atoms with Gasteiger partial charge in [0.25, 0.3) is 11.8 Å². The van der Waals surface area contributed by atoms with Crippen LogP contribution in [0.5, 0.6) is 5.75 Å². The summed E-state index contributed by atoms with van der Waals surface area (Å²) in [5.74, 6) is -0.798. The lowest BCUT2D eigenvalue weighted by Gasteiger charge is -2.13. The van der Waals surface area contributed by atoms with Crippen LogP contribution in [0.4, 0.5) is 0 Å². The minimum absolute atomic E-state index is 0.194. The monoisotopic (exact) mass is 376 g/mol. The molecule has 25 heavy (non-hydrogen) atoms. The Morgan fingerprint density at radius 1 is 1.16 bits per heavy atom. The number of methoxy groups -OCH3 is 1. The van der Waals surface area contributed by atoms with Gasteiger partial charge in [-0.25, -0.2) is 0 Å². The summed E-state index contributed by atoms with van der Waals surface area (Å²) < 4.78 is 6.68. The van der Waals surface area contributed by atoms with Crippen molar-refractivity contribution in [1.29, 1.82) is 0 Å². The van der Waals surface area contributed by atoms with Gasteiger partial charge in [-0.2, -0.15) is 0 Å². The molecule has 7 heteroatoms. The fraction of sp³-hybridized carbons (Fsp3) is 0.111. The molecule has 0 aliphatic heterocycles. The van der Waals surface area contributed by atoms with Gasteiger partial charge in [0, 0.05) is 16.1 Å². The third-order valence-electron chi connectivity index (χ3n) is 4.00. The Hall–Kier alpha value is -2.50. The normalized spacial score (nSPS) is 10.9. The number of amides is 1. The van der Waals surface area contributed by atoms with Gasteiger partial charge in [-0.05, 0) is 25.1 Å². The first-order valence-corrected chi connectivity index (χ1v) is 8.10. The van der Waals surface area contributed by atoms with E-state index in [1.165, 1.54) is 23.8 Å². The van der Waals surface area contributed by atoms with Crippen molar-refractivity contribution < 1.29 is 14.3 Å². The number of benzene rings is 2. The molecule has 0 saturated heterocycles. The molecule has 1 aromatic heterocycles. The molecule has 0 aliphatic rings. The molecule has 0 unspecified atom stereocenters. The predicted molar refractivity (Wildman–Crippen MR) is 97.9 cm³/mol. The highest BCUT2D eigenvalue weighted by atomic mass is 35.5. The minimum atomic E-state index is -0.601. The summed E-state index contributed by atoms with van der Waals surface area (Å²) in [6.45, 7) is 1.66. The second-order valence-electron chi connectivity index (χ2n) is 5.45. The molecule has 128 valence electrons. The summed E-state index contributed by atoms with van der Waals surface area (Å²) in [5, 5.41) is 1.13. The van der Waals surface area contributed by atoms with Crippen LogP contribution in [-0.4, -0.2) is 23.5 Å². The van der Waals surface area contributed by atoms with Crippen LogP contribution < -0.4 is 10.5 Å². The van der Waals surface area contributed by atoms with E-state index in [4.69, 9.17) is 33.7 Å². The smallest absolute Gasteiger partial charge is 0.266 e. The molecule has 3 rings (SSSR count). The van der Waals surface area contributed by atoms with E-state index in [0.29, 0.717) is 27.2 Å². The van der Waals surface area contributed by atoms with E-state index in [9.17, 15) is 9.59 Å². The zero-order valence-corrected chi connectivity index (χ0v) is 15.0. The summed E-state index contributed by atoms with van der Waals surface area (Å²) in [4.78, 5) is 25.1. The number of ether oxygens (including phenoxy) is 1. The number of aromatic nitrogens is 1. The lowest BCUT2D eigenvalue weighted by atomic mass is 10.1. The topological polar surface area (TPSA) is 74.3 Å². The molecule has 0 bridgehead atoms. The van der Waals surface area contributed by atoms with Crippen molar-refractivity contribution in [3.05, 3.63) is 63.3 Å². The number of rotatable bonds is 3. The van der Waals surface area contributed by atoms with Crippen molar-refractivity contribution >= 4 is 45.9 Å².